The van der Waals surface area contributed by atoms with Crippen LogP contribution in [-0.2, 0) is 10.0 Å². The van der Waals surface area contributed by atoms with E-state index in [4.69, 9.17) is 0 Å². The van der Waals surface area contributed by atoms with Crippen LogP contribution in [0.25, 0.3) is 0 Å². The molecule has 1 aliphatic carbocycles. The van der Waals surface area contributed by atoms with Gasteiger partial charge in [0.2, 0.25) is 10.0 Å². The summed E-state index contributed by atoms with van der Waals surface area (Å²) in [6.07, 6.45) is 3.24. The van der Waals surface area contributed by atoms with Gasteiger partial charge in [-0.25, -0.2) is 13.1 Å². The molecule has 5 heteroatoms. The summed E-state index contributed by atoms with van der Waals surface area (Å²) in [5, 5.41) is 2.79. The summed E-state index contributed by atoms with van der Waals surface area (Å²) in [5.74, 6) is 0.468. The Morgan fingerprint density at radius 3 is 2.35 bits per heavy atom. The highest BCUT2D eigenvalue weighted by molar-refractivity contribution is 7.90. The first kappa shape index (κ1) is 14.9. The van der Waals surface area contributed by atoms with Gasteiger partial charge in [-0.05, 0) is 25.7 Å². The van der Waals surface area contributed by atoms with Crippen molar-refractivity contribution in [3.63, 3.8) is 0 Å². The van der Waals surface area contributed by atoms with Crippen LogP contribution in [0.3, 0.4) is 0 Å². The van der Waals surface area contributed by atoms with Crippen LogP contribution < -0.4 is 10.0 Å². The highest BCUT2D eigenvalue weighted by Gasteiger charge is 2.30. The molecule has 1 rings (SSSR count). The maximum absolute atomic E-state index is 12.1. The van der Waals surface area contributed by atoms with Crippen molar-refractivity contribution in [3.8, 4) is 0 Å². The Balaban J connectivity index is 2.49. The average Bonchev–Trinajstić information content (AvgIpc) is 2.60. The summed E-state index contributed by atoms with van der Waals surface area (Å²) in [6.45, 7) is 8.43. The molecule has 1 saturated carbocycles. The van der Waals surface area contributed by atoms with E-state index in [1.807, 2.05) is 13.8 Å². The highest BCUT2D eigenvalue weighted by Crippen LogP contribution is 2.25. The van der Waals surface area contributed by atoms with E-state index in [-0.39, 0.29) is 11.3 Å². The second kappa shape index (κ2) is 6.16. The number of rotatable bonds is 6. The minimum Gasteiger partial charge on any atom is -0.313 e. The molecule has 3 atom stereocenters. The monoisotopic (exact) mass is 262 g/mol. The largest absolute Gasteiger partial charge is 0.313 e. The first-order valence-electron chi connectivity index (χ1n) is 6.57. The first-order valence-corrected chi connectivity index (χ1v) is 8.12. The predicted molar refractivity (Wildman–Crippen MR) is 71.5 cm³/mol. The van der Waals surface area contributed by atoms with Crippen LogP contribution in [0.5, 0.6) is 0 Å². The number of hydrogen-bond acceptors (Lipinski definition) is 3. The van der Waals surface area contributed by atoms with Crippen LogP contribution in [0.4, 0.5) is 0 Å². The fourth-order valence-electron chi connectivity index (χ4n) is 2.16. The average molecular weight is 262 g/mol. The van der Waals surface area contributed by atoms with Gasteiger partial charge in [-0.1, -0.05) is 27.2 Å². The van der Waals surface area contributed by atoms with Crippen LogP contribution in [0.15, 0.2) is 0 Å². The molecule has 0 aliphatic heterocycles. The molecule has 0 aromatic rings. The Bertz CT molecular complexity index is 327. The van der Waals surface area contributed by atoms with Crippen LogP contribution in [0.1, 0.15) is 47.0 Å². The Labute approximate surface area is 106 Å². The second-order valence-electron chi connectivity index (χ2n) is 5.55. The van der Waals surface area contributed by atoms with E-state index >= 15 is 0 Å². The van der Waals surface area contributed by atoms with E-state index in [0.29, 0.717) is 18.5 Å². The van der Waals surface area contributed by atoms with Gasteiger partial charge in [-0.15, -0.1) is 0 Å². The molecule has 4 nitrogen and oxygen atoms in total. The van der Waals surface area contributed by atoms with Crippen molar-refractivity contribution in [1.29, 1.82) is 0 Å². The van der Waals surface area contributed by atoms with Gasteiger partial charge in [0.05, 0.1) is 5.25 Å². The molecule has 0 radical (unpaired) electrons. The van der Waals surface area contributed by atoms with Gasteiger partial charge >= 0.3 is 0 Å². The lowest BCUT2D eigenvalue weighted by molar-refractivity contribution is 0.468. The normalized spacial score (nSPS) is 27.6. The molecule has 0 aromatic heterocycles. The standard InChI is InChI=1S/C12H26N2O2S/c1-9(2)13-8-11(4)17(15,16)14-12-7-5-6-10(12)3/h9-14H,5-8H2,1-4H3. The fraction of sp³-hybridized carbons (Fsp3) is 1.00. The zero-order valence-corrected chi connectivity index (χ0v) is 12.2. The molecule has 0 aromatic carbocycles. The zero-order chi connectivity index (χ0) is 13.1. The second-order valence-corrected chi connectivity index (χ2v) is 7.68. The Hall–Kier alpha value is -0.130. The van der Waals surface area contributed by atoms with E-state index in [1.54, 1.807) is 6.92 Å². The minimum atomic E-state index is -3.18. The third kappa shape index (κ3) is 4.56. The highest BCUT2D eigenvalue weighted by atomic mass is 32.2. The molecular weight excluding hydrogens is 236 g/mol. The predicted octanol–water partition coefficient (Wildman–Crippen LogP) is 1.48. The lowest BCUT2D eigenvalue weighted by Crippen LogP contribution is -2.45. The molecule has 0 spiro atoms. The van der Waals surface area contributed by atoms with Gasteiger partial charge in [0.15, 0.2) is 0 Å². The third-order valence-electron chi connectivity index (χ3n) is 3.52. The van der Waals surface area contributed by atoms with Gasteiger partial charge < -0.3 is 5.32 Å². The van der Waals surface area contributed by atoms with Crippen molar-refractivity contribution >= 4 is 10.0 Å². The molecule has 0 saturated heterocycles. The molecule has 17 heavy (non-hydrogen) atoms. The van der Waals surface area contributed by atoms with E-state index in [0.717, 1.165) is 19.3 Å². The van der Waals surface area contributed by atoms with Gasteiger partial charge in [0.1, 0.15) is 0 Å². The van der Waals surface area contributed by atoms with Crippen LogP contribution in [-0.4, -0.2) is 32.3 Å². The van der Waals surface area contributed by atoms with Crippen LogP contribution >= 0.6 is 0 Å². The summed E-state index contributed by atoms with van der Waals surface area (Å²) >= 11 is 0. The van der Waals surface area contributed by atoms with Crippen molar-refractivity contribution in [1.82, 2.24) is 10.0 Å². The van der Waals surface area contributed by atoms with E-state index < -0.39 is 10.0 Å². The molecule has 0 bridgehead atoms. The van der Waals surface area contributed by atoms with Crippen molar-refractivity contribution in [2.24, 2.45) is 5.92 Å². The SMILES string of the molecule is CC(C)NCC(C)S(=O)(=O)NC1CCCC1C. The van der Waals surface area contributed by atoms with Crippen LogP contribution in [0, 0.1) is 5.92 Å². The Morgan fingerprint density at radius 1 is 1.24 bits per heavy atom. The zero-order valence-electron chi connectivity index (χ0n) is 11.4. The van der Waals surface area contributed by atoms with Gasteiger partial charge in [0, 0.05) is 18.6 Å². The molecular formula is C12H26N2O2S. The summed E-state index contributed by atoms with van der Waals surface area (Å²) in [7, 11) is -3.18. The summed E-state index contributed by atoms with van der Waals surface area (Å²) in [5.41, 5.74) is 0. The third-order valence-corrected chi connectivity index (χ3v) is 5.38. The van der Waals surface area contributed by atoms with Gasteiger partial charge in [-0.2, -0.15) is 0 Å². The minimum absolute atomic E-state index is 0.140. The maximum atomic E-state index is 12.1. The summed E-state index contributed by atoms with van der Waals surface area (Å²) < 4.78 is 27.0. The van der Waals surface area contributed by atoms with Crippen molar-refractivity contribution in [2.45, 2.75) is 64.3 Å². The molecule has 2 N–H and O–H groups in total. The number of nitrogens with one attached hydrogen (secondary N) is 2. The quantitative estimate of drug-likeness (QED) is 0.762. The summed E-state index contributed by atoms with van der Waals surface area (Å²) in [4.78, 5) is 0. The van der Waals surface area contributed by atoms with Crippen molar-refractivity contribution in [2.75, 3.05) is 6.54 Å². The maximum Gasteiger partial charge on any atom is 0.215 e. The van der Waals surface area contributed by atoms with E-state index in [2.05, 4.69) is 17.0 Å². The molecule has 102 valence electrons. The first-order chi connectivity index (χ1) is 7.83. The Morgan fingerprint density at radius 2 is 1.88 bits per heavy atom. The van der Waals surface area contributed by atoms with E-state index in [1.165, 1.54) is 0 Å². The lowest BCUT2D eigenvalue weighted by Gasteiger charge is -2.21. The van der Waals surface area contributed by atoms with Gasteiger partial charge in [-0.3, -0.25) is 0 Å². The molecule has 0 heterocycles. The molecule has 0 amide bonds. The molecule has 3 unspecified atom stereocenters. The van der Waals surface area contributed by atoms with Crippen LogP contribution in [0.2, 0.25) is 0 Å². The lowest BCUT2D eigenvalue weighted by atomic mass is 10.1. The smallest absolute Gasteiger partial charge is 0.215 e. The molecule has 1 aliphatic rings. The van der Waals surface area contributed by atoms with Gasteiger partial charge in [0.25, 0.3) is 0 Å². The van der Waals surface area contributed by atoms with Crippen molar-refractivity contribution in [3.05, 3.63) is 0 Å². The summed E-state index contributed by atoms with van der Waals surface area (Å²) in [6, 6.07) is 0.458. The number of sulfonamides is 1. The van der Waals surface area contributed by atoms with E-state index in [9.17, 15) is 8.42 Å². The fourth-order valence-corrected chi connectivity index (χ4v) is 3.48. The molecule has 1 fully saturated rings. The topological polar surface area (TPSA) is 58.2 Å². The van der Waals surface area contributed by atoms with Crippen molar-refractivity contribution < 1.29 is 8.42 Å². The Kier molecular flexibility index (Phi) is 5.41. The number of hydrogen-bond donors (Lipinski definition) is 2.